The summed E-state index contributed by atoms with van der Waals surface area (Å²) in [4.78, 5) is 27.1. The highest BCUT2D eigenvalue weighted by atomic mass is 16.6. The van der Waals surface area contributed by atoms with Gasteiger partial charge in [-0.3, -0.25) is 20.5 Å². The maximum atomic E-state index is 12.8. The molecule has 1 aromatic heterocycles. The molecule has 0 unspecified atom stereocenters. The molecule has 1 heterocycles. The van der Waals surface area contributed by atoms with Crippen molar-refractivity contribution < 1.29 is 14.8 Å². The van der Waals surface area contributed by atoms with E-state index in [0.29, 0.717) is 23.0 Å². The van der Waals surface area contributed by atoms with E-state index in [9.17, 15) is 4.79 Å². The molecular formula is C20H23N5O3. The van der Waals surface area contributed by atoms with Crippen LogP contribution < -0.4 is 10.8 Å². The molecule has 2 aromatic rings. The third-order valence-corrected chi connectivity index (χ3v) is 5.01. The van der Waals surface area contributed by atoms with Crippen LogP contribution in [-0.4, -0.2) is 32.9 Å². The number of carbonyl (C=O) groups excluding carboxylic acids is 1. The number of rotatable bonds is 7. The lowest BCUT2D eigenvalue weighted by molar-refractivity contribution is -0.110. The summed E-state index contributed by atoms with van der Waals surface area (Å²) < 4.78 is 0. The molecule has 0 atom stereocenters. The molecule has 2 fully saturated rings. The maximum absolute atomic E-state index is 12.8. The number of aromatic nitrogens is 2. The Morgan fingerprint density at radius 3 is 2.43 bits per heavy atom. The van der Waals surface area contributed by atoms with E-state index < -0.39 is 5.91 Å². The van der Waals surface area contributed by atoms with Gasteiger partial charge in [0, 0.05) is 11.5 Å². The van der Waals surface area contributed by atoms with E-state index in [4.69, 9.17) is 10.0 Å². The van der Waals surface area contributed by atoms with Gasteiger partial charge in [-0.25, -0.2) is 4.98 Å². The highest BCUT2D eigenvalue weighted by molar-refractivity contribution is 6.48. The van der Waals surface area contributed by atoms with Gasteiger partial charge in [0.25, 0.3) is 5.91 Å². The lowest BCUT2D eigenvalue weighted by atomic mass is 10.1. The van der Waals surface area contributed by atoms with Crippen molar-refractivity contribution in [2.24, 2.45) is 5.16 Å². The van der Waals surface area contributed by atoms with Crippen LogP contribution in [0.1, 0.15) is 55.7 Å². The second kappa shape index (κ2) is 8.35. The zero-order valence-corrected chi connectivity index (χ0v) is 15.5. The molecule has 2 saturated carbocycles. The van der Waals surface area contributed by atoms with Gasteiger partial charge in [-0.2, -0.15) is 0 Å². The van der Waals surface area contributed by atoms with Crippen molar-refractivity contribution in [1.82, 2.24) is 9.97 Å². The van der Waals surface area contributed by atoms with Gasteiger partial charge in [0.2, 0.25) is 0 Å². The van der Waals surface area contributed by atoms with E-state index in [1.54, 1.807) is 36.7 Å². The van der Waals surface area contributed by atoms with Crippen molar-refractivity contribution in [3.05, 3.63) is 47.9 Å². The smallest absolute Gasteiger partial charge is 0.279 e. The molecule has 0 aliphatic heterocycles. The first kappa shape index (κ1) is 18.4. The Labute approximate surface area is 163 Å². The normalized spacial score (nSPS) is 17.4. The summed E-state index contributed by atoms with van der Waals surface area (Å²) in [7, 11) is 0. The number of nitrogens with zero attached hydrogens (tertiary/aromatic N) is 3. The largest absolute Gasteiger partial charge is 0.392 e. The van der Waals surface area contributed by atoms with Crippen LogP contribution in [0.15, 0.2) is 41.8 Å². The molecule has 3 N–H and O–H groups in total. The molecule has 0 radical (unpaired) electrons. The van der Waals surface area contributed by atoms with Gasteiger partial charge in [0.05, 0.1) is 23.8 Å². The minimum Gasteiger partial charge on any atom is -0.392 e. The summed E-state index contributed by atoms with van der Waals surface area (Å²) in [5.41, 5.74) is 4.28. The first-order valence-electron chi connectivity index (χ1n) is 9.60. The fourth-order valence-corrected chi connectivity index (χ4v) is 3.22. The number of oxime groups is 1. The zero-order valence-electron chi connectivity index (χ0n) is 15.5. The number of benzene rings is 1. The van der Waals surface area contributed by atoms with Crippen LogP contribution >= 0.6 is 0 Å². The van der Waals surface area contributed by atoms with Crippen LogP contribution in [0.25, 0.3) is 0 Å². The predicted octanol–water partition coefficient (Wildman–Crippen LogP) is 3.46. The first-order chi connectivity index (χ1) is 13.7. The number of nitrogens with one attached hydrogen (secondary N) is 2. The van der Waals surface area contributed by atoms with Gasteiger partial charge < -0.3 is 10.2 Å². The van der Waals surface area contributed by atoms with E-state index in [2.05, 4.69) is 25.9 Å². The summed E-state index contributed by atoms with van der Waals surface area (Å²) >= 11 is 0. The van der Waals surface area contributed by atoms with E-state index in [-0.39, 0.29) is 11.8 Å². The Bertz CT molecular complexity index is 841. The second-order valence-corrected chi connectivity index (χ2v) is 7.20. The maximum Gasteiger partial charge on any atom is 0.279 e. The van der Waals surface area contributed by atoms with Crippen molar-refractivity contribution in [2.45, 2.75) is 50.5 Å². The van der Waals surface area contributed by atoms with Gasteiger partial charge in [-0.05, 0) is 50.7 Å². The van der Waals surface area contributed by atoms with Crippen LogP contribution in [-0.2, 0) is 9.63 Å². The lowest BCUT2D eigenvalue weighted by Gasteiger charge is -2.11. The highest BCUT2D eigenvalue weighted by Crippen LogP contribution is 2.38. The molecule has 4 rings (SSSR count). The van der Waals surface area contributed by atoms with Crippen LogP contribution in [0, 0.1) is 0 Å². The number of hydrogen-bond acceptors (Lipinski definition) is 7. The number of anilines is 2. The SMILES string of the molecule is O=C(Nc1cnc(C2CC2)cn1)/C(=N/OC1CCCC1)c1ccc(NO)cc1. The van der Waals surface area contributed by atoms with E-state index >= 15 is 0 Å². The van der Waals surface area contributed by atoms with E-state index in [0.717, 1.165) is 44.2 Å². The summed E-state index contributed by atoms with van der Waals surface area (Å²) in [6.45, 7) is 0. The molecule has 0 bridgehead atoms. The number of hydrogen-bond donors (Lipinski definition) is 3. The second-order valence-electron chi connectivity index (χ2n) is 7.20. The van der Waals surface area contributed by atoms with Crippen molar-refractivity contribution in [3.8, 4) is 0 Å². The quantitative estimate of drug-likeness (QED) is 0.501. The fraction of sp³-hybridized carbons (Fsp3) is 0.400. The summed E-state index contributed by atoms with van der Waals surface area (Å²) in [6, 6.07) is 6.68. The van der Waals surface area contributed by atoms with E-state index in [1.165, 1.54) is 0 Å². The molecule has 8 nitrogen and oxygen atoms in total. The van der Waals surface area contributed by atoms with Gasteiger partial charge in [-0.15, -0.1) is 0 Å². The van der Waals surface area contributed by atoms with Crippen LogP contribution in [0.3, 0.4) is 0 Å². The van der Waals surface area contributed by atoms with Gasteiger partial charge in [0.15, 0.2) is 11.5 Å². The van der Waals surface area contributed by atoms with Crippen LogP contribution in [0.4, 0.5) is 11.5 Å². The molecule has 28 heavy (non-hydrogen) atoms. The lowest BCUT2D eigenvalue weighted by Crippen LogP contribution is -2.25. The summed E-state index contributed by atoms with van der Waals surface area (Å²) in [5.74, 6) is 0.459. The Kier molecular flexibility index (Phi) is 5.48. The summed E-state index contributed by atoms with van der Waals surface area (Å²) in [6.07, 6.45) is 9.73. The van der Waals surface area contributed by atoms with Gasteiger partial charge in [0.1, 0.15) is 6.10 Å². The molecule has 1 amide bonds. The summed E-state index contributed by atoms with van der Waals surface area (Å²) in [5, 5.41) is 15.9. The monoisotopic (exact) mass is 381 g/mol. The number of amides is 1. The highest BCUT2D eigenvalue weighted by Gasteiger charge is 2.25. The fourth-order valence-electron chi connectivity index (χ4n) is 3.22. The average molecular weight is 381 g/mol. The Morgan fingerprint density at radius 2 is 1.82 bits per heavy atom. The van der Waals surface area contributed by atoms with E-state index in [1.807, 2.05) is 0 Å². The van der Waals surface area contributed by atoms with Crippen molar-refractivity contribution in [2.75, 3.05) is 10.8 Å². The van der Waals surface area contributed by atoms with Crippen LogP contribution in [0.5, 0.6) is 0 Å². The molecule has 8 heteroatoms. The van der Waals surface area contributed by atoms with Crippen molar-refractivity contribution in [3.63, 3.8) is 0 Å². The Morgan fingerprint density at radius 1 is 1.07 bits per heavy atom. The molecule has 2 aliphatic carbocycles. The Balaban J connectivity index is 1.51. The topological polar surface area (TPSA) is 109 Å². The third kappa shape index (κ3) is 4.45. The average Bonchev–Trinajstić information content (AvgIpc) is 3.45. The predicted molar refractivity (Wildman–Crippen MR) is 104 cm³/mol. The molecule has 146 valence electrons. The standard InChI is InChI=1S/C20H23N5O3/c26-20(23-18-12-21-17(11-22-18)13-5-6-13)19(25-28-16-3-1-2-4-16)14-7-9-15(24-27)10-8-14/h7-13,16,24,27H,1-6H2,(H,22,23,26)/b25-19+. The first-order valence-corrected chi connectivity index (χ1v) is 9.60. The Hall–Kier alpha value is -3.00. The van der Waals surface area contributed by atoms with Gasteiger partial charge >= 0.3 is 0 Å². The minimum atomic E-state index is -0.420. The zero-order chi connectivity index (χ0) is 19.3. The number of carbonyl (C=O) groups is 1. The molecule has 0 saturated heterocycles. The molecule has 2 aliphatic rings. The van der Waals surface area contributed by atoms with Crippen LogP contribution in [0.2, 0.25) is 0 Å². The third-order valence-electron chi connectivity index (χ3n) is 5.01. The minimum absolute atomic E-state index is 0.0406. The molecular weight excluding hydrogens is 358 g/mol. The van der Waals surface area contributed by atoms with Crippen molar-refractivity contribution in [1.29, 1.82) is 0 Å². The molecule has 1 aromatic carbocycles. The van der Waals surface area contributed by atoms with Crippen molar-refractivity contribution >= 4 is 23.1 Å². The van der Waals surface area contributed by atoms with Gasteiger partial charge in [-0.1, -0.05) is 17.3 Å². The molecule has 0 spiro atoms.